The minimum Gasteiger partial charge on any atom is -0.324 e. The van der Waals surface area contributed by atoms with E-state index in [0.29, 0.717) is 0 Å². The average molecular weight is 140 g/mol. The molecular weight excluding hydrogens is 124 g/mol. The van der Waals surface area contributed by atoms with Crippen molar-refractivity contribution >= 4 is 0 Å². The summed E-state index contributed by atoms with van der Waals surface area (Å²) in [6.07, 6.45) is 3.99. The summed E-state index contributed by atoms with van der Waals surface area (Å²) in [5, 5.41) is 0. The van der Waals surface area contributed by atoms with Crippen molar-refractivity contribution < 1.29 is 0 Å². The van der Waals surface area contributed by atoms with Crippen LogP contribution in [0.4, 0.5) is 0 Å². The molecule has 2 unspecified atom stereocenters. The fourth-order valence-electron chi connectivity index (χ4n) is 2.40. The molecule has 2 N–H and O–H groups in total. The molecule has 0 radical (unpaired) electrons. The molecule has 0 aromatic carbocycles. The Morgan fingerprint density at radius 2 is 2.40 bits per heavy atom. The molecule has 0 aromatic rings. The maximum Gasteiger partial charge on any atom is 0.0269 e. The third kappa shape index (κ3) is 0.956. The van der Waals surface area contributed by atoms with Gasteiger partial charge in [-0.2, -0.15) is 0 Å². The third-order valence-corrected chi connectivity index (χ3v) is 2.77. The van der Waals surface area contributed by atoms with E-state index in [1.807, 2.05) is 0 Å². The van der Waals surface area contributed by atoms with E-state index in [2.05, 4.69) is 11.8 Å². The Morgan fingerprint density at radius 3 is 3.10 bits per heavy atom. The molecule has 2 rings (SSSR count). The van der Waals surface area contributed by atoms with Gasteiger partial charge in [-0.3, -0.25) is 4.90 Å². The summed E-state index contributed by atoms with van der Waals surface area (Å²) in [6, 6.07) is 0.829. The number of fused-ring (bicyclic) bond motifs is 1. The summed E-state index contributed by atoms with van der Waals surface area (Å²) >= 11 is 0. The van der Waals surface area contributed by atoms with E-state index in [0.717, 1.165) is 12.6 Å². The molecular formula is C8H16N2. The van der Waals surface area contributed by atoms with Gasteiger partial charge in [-0.15, -0.1) is 0 Å². The topological polar surface area (TPSA) is 29.3 Å². The van der Waals surface area contributed by atoms with Gasteiger partial charge in [0.15, 0.2) is 0 Å². The van der Waals surface area contributed by atoms with Crippen molar-refractivity contribution in [1.29, 1.82) is 0 Å². The third-order valence-electron chi connectivity index (χ3n) is 2.77. The smallest absolute Gasteiger partial charge is 0.0269 e. The summed E-state index contributed by atoms with van der Waals surface area (Å²) in [7, 11) is 0. The molecule has 0 spiro atoms. The SMILES string of the molecule is CC1(N)CC2CCCN2C1. The van der Waals surface area contributed by atoms with Crippen LogP contribution in [0.2, 0.25) is 0 Å². The van der Waals surface area contributed by atoms with Crippen LogP contribution < -0.4 is 5.73 Å². The van der Waals surface area contributed by atoms with E-state index in [1.54, 1.807) is 0 Å². The van der Waals surface area contributed by atoms with Crippen LogP contribution in [0.15, 0.2) is 0 Å². The summed E-state index contributed by atoms with van der Waals surface area (Å²) in [5.74, 6) is 0. The van der Waals surface area contributed by atoms with Crippen LogP contribution in [-0.4, -0.2) is 29.6 Å². The van der Waals surface area contributed by atoms with Gasteiger partial charge >= 0.3 is 0 Å². The zero-order valence-corrected chi connectivity index (χ0v) is 6.64. The number of nitrogens with two attached hydrogens (primary N) is 1. The summed E-state index contributed by atoms with van der Waals surface area (Å²) in [5.41, 5.74) is 6.14. The molecule has 2 nitrogen and oxygen atoms in total. The Morgan fingerprint density at radius 1 is 1.60 bits per heavy atom. The number of hydrogen-bond acceptors (Lipinski definition) is 2. The molecule has 0 bridgehead atoms. The highest BCUT2D eigenvalue weighted by atomic mass is 15.2. The Hall–Kier alpha value is -0.0800. The molecule has 10 heavy (non-hydrogen) atoms. The van der Waals surface area contributed by atoms with Crippen LogP contribution in [0.25, 0.3) is 0 Å². The Balaban J connectivity index is 2.07. The second-order valence-electron chi connectivity index (χ2n) is 4.12. The summed E-state index contributed by atoms with van der Waals surface area (Å²) in [6.45, 7) is 4.58. The van der Waals surface area contributed by atoms with Crippen LogP contribution in [0.1, 0.15) is 26.2 Å². The van der Waals surface area contributed by atoms with Gasteiger partial charge < -0.3 is 5.73 Å². The van der Waals surface area contributed by atoms with Gasteiger partial charge in [-0.25, -0.2) is 0 Å². The van der Waals surface area contributed by atoms with Gasteiger partial charge in [-0.1, -0.05) is 0 Å². The molecule has 0 saturated carbocycles. The zero-order chi connectivity index (χ0) is 7.19. The maximum atomic E-state index is 6.03. The number of rotatable bonds is 0. The van der Waals surface area contributed by atoms with Crippen molar-refractivity contribution in [2.75, 3.05) is 13.1 Å². The minimum atomic E-state index is 0.116. The van der Waals surface area contributed by atoms with E-state index in [9.17, 15) is 0 Å². The van der Waals surface area contributed by atoms with Crippen molar-refractivity contribution in [2.24, 2.45) is 5.73 Å². The van der Waals surface area contributed by atoms with Crippen molar-refractivity contribution in [1.82, 2.24) is 4.90 Å². The summed E-state index contributed by atoms with van der Waals surface area (Å²) < 4.78 is 0. The van der Waals surface area contributed by atoms with Crippen LogP contribution in [0.5, 0.6) is 0 Å². The second kappa shape index (κ2) is 1.95. The van der Waals surface area contributed by atoms with Crippen LogP contribution >= 0.6 is 0 Å². The molecule has 0 amide bonds. The Labute approximate surface area is 62.4 Å². The standard InChI is InChI=1S/C8H16N2/c1-8(9)5-7-3-2-4-10(7)6-8/h7H,2-6,9H2,1H3. The van der Waals surface area contributed by atoms with Gasteiger partial charge in [0.2, 0.25) is 0 Å². The van der Waals surface area contributed by atoms with Crippen molar-refractivity contribution in [3.05, 3.63) is 0 Å². The average Bonchev–Trinajstić information content (AvgIpc) is 2.20. The first kappa shape index (κ1) is 6.62. The first-order valence-corrected chi connectivity index (χ1v) is 4.20. The fraction of sp³-hybridized carbons (Fsp3) is 1.00. The fourth-order valence-corrected chi connectivity index (χ4v) is 2.40. The predicted octanol–water partition coefficient (Wildman–Crippen LogP) is 0.572. The van der Waals surface area contributed by atoms with Crippen molar-refractivity contribution in [3.8, 4) is 0 Å². The highest BCUT2D eigenvalue weighted by molar-refractivity contribution is 4.99. The lowest BCUT2D eigenvalue weighted by Crippen LogP contribution is -2.39. The lowest BCUT2D eigenvalue weighted by atomic mass is 9.98. The van der Waals surface area contributed by atoms with Crippen molar-refractivity contribution in [2.45, 2.75) is 37.8 Å². The molecule has 58 valence electrons. The first-order chi connectivity index (χ1) is 4.67. The molecule has 0 aromatic heterocycles. The molecule has 2 heteroatoms. The largest absolute Gasteiger partial charge is 0.324 e. The monoisotopic (exact) mass is 140 g/mol. The molecule has 2 aliphatic rings. The van der Waals surface area contributed by atoms with Gasteiger partial charge in [0.05, 0.1) is 0 Å². The Kier molecular flexibility index (Phi) is 1.29. The van der Waals surface area contributed by atoms with E-state index in [-0.39, 0.29) is 5.54 Å². The zero-order valence-electron chi connectivity index (χ0n) is 6.64. The Bertz CT molecular complexity index is 128. The van der Waals surface area contributed by atoms with Crippen LogP contribution in [0.3, 0.4) is 0 Å². The molecule has 2 aliphatic heterocycles. The lowest BCUT2D eigenvalue weighted by molar-refractivity contribution is 0.314. The molecule has 2 atom stereocenters. The lowest BCUT2D eigenvalue weighted by Gasteiger charge is -2.17. The molecule has 2 saturated heterocycles. The van der Waals surface area contributed by atoms with E-state index >= 15 is 0 Å². The predicted molar refractivity (Wildman–Crippen MR) is 41.8 cm³/mol. The van der Waals surface area contributed by atoms with Crippen LogP contribution in [-0.2, 0) is 0 Å². The number of hydrogen-bond donors (Lipinski definition) is 1. The molecule has 2 heterocycles. The first-order valence-electron chi connectivity index (χ1n) is 4.20. The van der Waals surface area contributed by atoms with Gasteiger partial charge in [0.25, 0.3) is 0 Å². The second-order valence-corrected chi connectivity index (χ2v) is 4.12. The van der Waals surface area contributed by atoms with Crippen molar-refractivity contribution in [3.63, 3.8) is 0 Å². The van der Waals surface area contributed by atoms with Gasteiger partial charge in [0.1, 0.15) is 0 Å². The van der Waals surface area contributed by atoms with Gasteiger partial charge in [0, 0.05) is 18.1 Å². The minimum absolute atomic E-state index is 0.116. The van der Waals surface area contributed by atoms with Crippen LogP contribution in [0, 0.1) is 0 Å². The highest BCUT2D eigenvalue weighted by Crippen LogP contribution is 2.31. The maximum absolute atomic E-state index is 6.03. The van der Waals surface area contributed by atoms with E-state index in [4.69, 9.17) is 5.73 Å². The molecule has 0 aliphatic carbocycles. The normalized spacial score (nSPS) is 48.0. The quantitative estimate of drug-likeness (QED) is 0.533. The van der Waals surface area contributed by atoms with Gasteiger partial charge in [-0.05, 0) is 32.7 Å². The highest BCUT2D eigenvalue weighted by Gasteiger charge is 2.39. The summed E-state index contributed by atoms with van der Waals surface area (Å²) in [4.78, 5) is 2.54. The van der Waals surface area contributed by atoms with E-state index in [1.165, 1.54) is 25.8 Å². The van der Waals surface area contributed by atoms with E-state index < -0.39 is 0 Å². The number of nitrogens with zero attached hydrogens (tertiary/aromatic N) is 1. The molecule has 2 fully saturated rings.